The number of rotatable bonds is 3. The first-order valence-corrected chi connectivity index (χ1v) is 8.42. The molecule has 0 fully saturated rings. The second kappa shape index (κ2) is 6.75. The van der Waals surface area contributed by atoms with Gasteiger partial charge in [-0.3, -0.25) is 9.59 Å². The maximum atomic E-state index is 12.5. The third kappa shape index (κ3) is 3.25. The summed E-state index contributed by atoms with van der Waals surface area (Å²) < 4.78 is 0.792. The number of aromatic hydroxyl groups is 2. The molecular weight excluding hydrogens is 404 g/mol. The number of aryl methyl sites for hydroxylation is 2. The van der Waals surface area contributed by atoms with Gasteiger partial charge in [0.2, 0.25) is 11.8 Å². The molecule has 2 heterocycles. The number of H-pyrrole nitrogens is 2. The van der Waals surface area contributed by atoms with E-state index in [-0.39, 0.29) is 22.8 Å². The van der Waals surface area contributed by atoms with Gasteiger partial charge in [-0.05, 0) is 31.5 Å². The number of hydrogen-bond donors (Lipinski definition) is 4. The van der Waals surface area contributed by atoms with E-state index in [1.54, 1.807) is 24.3 Å². The molecule has 0 aliphatic carbocycles. The number of aromatic amines is 2. The Kier molecular flexibility index (Phi) is 4.64. The first-order valence-electron chi connectivity index (χ1n) is 7.63. The predicted octanol–water partition coefficient (Wildman–Crippen LogP) is 1.82. The first kappa shape index (κ1) is 17.9. The Morgan fingerprint density at radius 2 is 1.31 bits per heavy atom. The van der Waals surface area contributed by atoms with Gasteiger partial charge in [0, 0.05) is 4.47 Å². The molecule has 0 spiro atoms. The van der Waals surface area contributed by atoms with Crippen LogP contribution >= 0.6 is 15.9 Å². The van der Waals surface area contributed by atoms with E-state index in [1.807, 2.05) is 0 Å². The normalized spacial score (nSPS) is 11.1. The molecule has 8 nitrogen and oxygen atoms in total. The lowest BCUT2D eigenvalue weighted by Gasteiger charge is -2.18. The van der Waals surface area contributed by atoms with Gasteiger partial charge in [0.1, 0.15) is 11.6 Å². The van der Waals surface area contributed by atoms with Gasteiger partial charge in [-0.2, -0.15) is 0 Å². The Balaban J connectivity index is 2.38. The molecule has 134 valence electrons. The molecule has 3 aromatic rings. The second-order valence-electron chi connectivity index (χ2n) is 5.76. The minimum atomic E-state index is -1.06. The fraction of sp³-hybridized carbons (Fsp3) is 0.176. The maximum Gasteiger partial charge on any atom is 0.258 e. The van der Waals surface area contributed by atoms with E-state index in [9.17, 15) is 19.8 Å². The lowest BCUT2D eigenvalue weighted by molar-refractivity contribution is 0.430. The highest BCUT2D eigenvalue weighted by Gasteiger charge is 2.30. The predicted molar refractivity (Wildman–Crippen MR) is 97.6 cm³/mol. The van der Waals surface area contributed by atoms with Gasteiger partial charge < -0.3 is 20.2 Å². The van der Waals surface area contributed by atoms with Crippen molar-refractivity contribution in [3.8, 4) is 11.8 Å². The molecule has 0 saturated carbocycles. The molecule has 0 unspecified atom stereocenters. The standard InChI is InChI=1S/C17H15BrN4O4/c1-7-19-14(23)12(15(24)20-7)11(9-3-5-10(18)6-4-9)13-16(25)21-8(2)22-17(13)26/h3-6,11H,1-2H3,(H2,19,20,23,24)(H2,21,22,25,26). The van der Waals surface area contributed by atoms with Crippen molar-refractivity contribution >= 4 is 15.9 Å². The van der Waals surface area contributed by atoms with Crippen LogP contribution in [0, 0.1) is 13.8 Å². The zero-order chi connectivity index (χ0) is 19.0. The van der Waals surface area contributed by atoms with E-state index >= 15 is 0 Å². The number of halogens is 1. The maximum absolute atomic E-state index is 12.5. The fourth-order valence-corrected chi connectivity index (χ4v) is 3.08. The zero-order valence-electron chi connectivity index (χ0n) is 13.9. The van der Waals surface area contributed by atoms with Crippen LogP contribution in [-0.2, 0) is 0 Å². The molecule has 0 atom stereocenters. The van der Waals surface area contributed by atoms with E-state index in [0.29, 0.717) is 5.56 Å². The molecule has 2 aromatic heterocycles. The third-order valence-electron chi connectivity index (χ3n) is 3.89. The van der Waals surface area contributed by atoms with Crippen LogP contribution in [-0.4, -0.2) is 30.1 Å². The molecule has 0 radical (unpaired) electrons. The molecule has 0 aliphatic rings. The summed E-state index contributed by atoms with van der Waals surface area (Å²) in [5.41, 5.74) is -1.01. The highest BCUT2D eigenvalue weighted by atomic mass is 79.9. The topological polar surface area (TPSA) is 132 Å². The lowest BCUT2D eigenvalue weighted by Crippen LogP contribution is -2.26. The Morgan fingerprint density at radius 1 is 0.885 bits per heavy atom. The third-order valence-corrected chi connectivity index (χ3v) is 4.42. The molecular formula is C17H15BrN4O4. The van der Waals surface area contributed by atoms with Crippen molar-refractivity contribution in [1.29, 1.82) is 0 Å². The Bertz CT molecular complexity index is 1020. The summed E-state index contributed by atoms with van der Waals surface area (Å²) in [6, 6.07) is 6.79. The van der Waals surface area contributed by atoms with Crippen molar-refractivity contribution in [3.63, 3.8) is 0 Å². The van der Waals surface area contributed by atoms with E-state index in [2.05, 4.69) is 35.9 Å². The van der Waals surface area contributed by atoms with Crippen LogP contribution in [0.2, 0.25) is 0 Å². The monoisotopic (exact) mass is 418 g/mol. The quantitative estimate of drug-likeness (QED) is 0.512. The van der Waals surface area contributed by atoms with Gasteiger partial charge >= 0.3 is 0 Å². The van der Waals surface area contributed by atoms with Crippen LogP contribution in [0.1, 0.15) is 34.3 Å². The van der Waals surface area contributed by atoms with Gasteiger partial charge in [-0.15, -0.1) is 0 Å². The summed E-state index contributed by atoms with van der Waals surface area (Å²) in [6.45, 7) is 3.05. The average Bonchev–Trinajstić information content (AvgIpc) is 2.52. The summed E-state index contributed by atoms with van der Waals surface area (Å²) in [7, 11) is 0. The second-order valence-corrected chi connectivity index (χ2v) is 6.68. The van der Waals surface area contributed by atoms with Gasteiger partial charge in [-0.1, -0.05) is 28.1 Å². The zero-order valence-corrected chi connectivity index (χ0v) is 15.5. The summed E-state index contributed by atoms with van der Waals surface area (Å²) >= 11 is 3.32. The Hall–Kier alpha value is -2.94. The van der Waals surface area contributed by atoms with E-state index in [0.717, 1.165) is 4.47 Å². The number of hydrogen-bond acceptors (Lipinski definition) is 6. The van der Waals surface area contributed by atoms with E-state index < -0.39 is 28.8 Å². The summed E-state index contributed by atoms with van der Waals surface area (Å²) in [5, 5.41) is 20.6. The number of nitrogens with zero attached hydrogens (tertiary/aromatic N) is 2. The van der Waals surface area contributed by atoms with Crippen molar-refractivity contribution < 1.29 is 10.2 Å². The highest BCUT2D eigenvalue weighted by Crippen LogP contribution is 2.35. The van der Waals surface area contributed by atoms with Crippen molar-refractivity contribution in [2.75, 3.05) is 0 Å². The summed E-state index contributed by atoms with van der Waals surface area (Å²) in [5.74, 6) is -1.63. The fourth-order valence-electron chi connectivity index (χ4n) is 2.81. The molecule has 1 aromatic carbocycles. The number of nitrogens with one attached hydrogen (secondary N) is 2. The molecule has 0 aliphatic heterocycles. The average molecular weight is 419 g/mol. The van der Waals surface area contributed by atoms with Crippen LogP contribution in [0.5, 0.6) is 11.8 Å². The van der Waals surface area contributed by atoms with Crippen molar-refractivity contribution in [2.45, 2.75) is 19.8 Å². The van der Waals surface area contributed by atoms with Crippen LogP contribution in [0.4, 0.5) is 0 Å². The number of aromatic nitrogens is 4. The molecule has 3 rings (SSSR count). The minimum absolute atomic E-state index is 0.149. The first-order chi connectivity index (χ1) is 12.3. The van der Waals surface area contributed by atoms with Crippen LogP contribution < -0.4 is 11.1 Å². The number of benzene rings is 1. The largest absolute Gasteiger partial charge is 0.493 e. The molecule has 4 N–H and O–H groups in total. The summed E-state index contributed by atoms with van der Waals surface area (Å²) in [6.07, 6.45) is 0. The van der Waals surface area contributed by atoms with Gasteiger partial charge in [-0.25, -0.2) is 9.97 Å². The molecule has 0 bridgehead atoms. The molecule has 0 amide bonds. The summed E-state index contributed by atoms with van der Waals surface area (Å²) in [4.78, 5) is 37.8. The highest BCUT2D eigenvalue weighted by molar-refractivity contribution is 9.10. The SMILES string of the molecule is Cc1nc(O)c(C(c2ccc(Br)cc2)c2c(O)nc(C)[nH]c2=O)c(=O)[nH]1. The lowest BCUT2D eigenvalue weighted by atomic mass is 9.87. The van der Waals surface area contributed by atoms with Gasteiger partial charge in [0.05, 0.1) is 17.0 Å². The van der Waals surface area contributed by atoms with E-state index in [1.165, 1.54) is 13.8 Å². The Labute approximate surface area is 155 Å². The molecule has 0 saturated heterocycles. The van der Waals surface area contributed by atoms with Crippen molar-refractivity contribution in [3.05, 3.63) is 77.8 Å². The van der Waals surface area contributed by atoms with Crippen molar-refractivity contribution in [1.82, 2.24) is 19.9 Å². The van der Waals surface area contributed by atoms with E-state index in [4.69, 9.17) is 0 Å². The molecule has 9 heteroatoms. The van der Waals surface area contributed by atoms with Gasteiger partial charge in [0.25, 0.3) is 11.1 Å². The Morgan fingerprint density at radius 3 is 1.69 bits per heavy atom. The van der Waals surface area contributed by atoms with Gasteiger partial charge in [0.15, 0.2) is 0 Å². The minimum Gasteiger partial charge on any atom is -0.493 e. The smallest absolute Gasteiger partial charge is 0.258 e. The van der Waals surface area contributed by atoms with Crippen LogP contribution in [0.3, 0.4) is 0 Å². The molecule has 26 heavy (non-hydrogen) atoms. The van der Waals surface area contributed by atoms with Crippen LogP contribution in [0.15, 0.2) is 38.3 Å². The van der Waals surface area contributed by atoms with Crippen LogP contribution in [0.25, 0.3) is 0 Å². The van der Waals surface area contributed by atoms with Crippen molar-refractivity contribution in [2.24, 2.45) is 0 Å².